The number of nitrogens with two attached hydrogens (primary N) is 1. The first kappa shape index (κ1) is 20.0. The second-order valence-electron chi connectivity index (χ2n) is 7.01. The third-order valence-corrected chi connectivity index (χ3v) is 3.89. The van der Waals surface area contributed by atoms with Crippen molar-refractivity contribution in [1.82, 2.24) is 0 Å². The Kier molecular flexibility index (Phi) is 5.60. The number of hydrogen-bond donors (Lipinski definition) is 1. The molecule has 1 aliphatic heterocycles. The van der Waals surface area contributed by atoms with Gasteiger partial charge in [0.1, 0.15) is 23.0 Å². The van der Waals surface area contributed by atoms with Crippen LogP contribution in [-0.2, 0) is 19.0 Å². The summed E-state index contributed by atoms with van der Waals surface area (Å²) in [5.74, 6) is -1.64. The molecule has 0 amide bonds. The predicted octanol–water partition coefficient (Wildman–Crippen LogP) is 2.90. The Labute approximate surface area is 158 Å². The lowest BCUT2D eigenvalue weighted by molar-refractivity contribution is -0.150. The second kappa shape index (κ2) is 7.54. The standard InChI is InChI=1S/C20H22N2O5/c1-11-15(19(24)27-20(2,3)4)16(14(10-21)17(22)26-11)12-6-8-13(9-7-12)18(23)25-5/h6-9,16H,22H2,1-5H3. The lowest BCUT2D eigenvalue weighted by Crippen LogP contribution is -2.30. The Hall–Kier alpha value is -3.27. The van der Waals surface area contributed by atoms with Gasteiger partial charge in [-0.1, -0.05) is 12.1 Å². The second-order valence-corrected chi connectivity index (χ2v) is 7.01. The molecule has 0 spiro atoms. The Morgan fingerprint density at radius 3 is 2.26 bits per heavy atom. The molecule has 0 saturated carbocycles. The minimum absolute atomic E-state index is 0.0654. The van der Waals surface area contributed by atoms with Gasteiger partial charge in [-0.15, -0.1) is 0 Å². The van der Waals surface area contributed by atoms with E-state index in [1.54, 1.807) is 52.0 Å². The first-order chi connectivity index (χ1) is 12.6. The van der Waals surface area contributed by atoms with E-state index in [0.29, 0.717) is 11.1 Å². The van der Waals surface area contributed by atoms with Crippen LogP contribution in [0.5, 0.6) is 0 Å². The Bertz CT molecular complexity index is 867. The number of esters is 2. The monoisotopic (exact) mass is 370 g/mol. The molecule has 7 heteroatoms. The van der Waals surface area contributed by atoms with Crippen LogP contribution in [0.15, 0.2) is 47.1 Å². The van der Waals surface area contributed by atoms with Gasteiger partial charge in [0.05, 0.1) is 24.2 Å². The maximum Gasteiger partial charge on any atom is 0.338 e. The first-order valence-electron chi connectivity index (χ1n) is 8.29. The van der Waals surface area contributed by atoms with Crippen LogP contribution in [0.25, 0.3) is 0 Å². The third kappa shape index (κ3) is 4.29. The van der Waals surface area contributed by atoms with Crippen LogP contribution in [0.1, 0.15) is 49.5 Å². The number of methoxy groups -OCH3 is 1. The van der Waals surface area contributed by atoms with Gasteiger partial charge in [-0.3, -0.25) is 0 Å². The Balaban J connectivity index is 2.55. The number of allylic oxidation sites excluding steroid dienone is 2. The van der Waals surface area contributed by atoms with Crippen molar-refractivity contribution in [2.45, 2.75) is 39.2 Å². The summed E-state index contributed by atoms with van der Waals surface area (Å²) in [6, 6.07) is 8.42. The van der Waals surface area contributed by atoms with E-state index in [-0.39, 0.29) is 22.8 Å². The minimum Gasteiger partial charge on any atom is -0.465 e. The molecule has 0 aliphatic carbocycles. The summed E-state index contributed by atoms with van der Waals surface area (Å²) in [6.07, 6.45) is 0. The molecule has 1 aromatic carbocycles. The van der Waals surface area contributed by atoms with E-state index in [1.165, 1.54) is 7.11 Å². The van der Waals surface area contributed by atoms with E-state index in [2.05, 4.69) is 4.74 Å². The molecule has 0 bridgehead atoms. The van der Waals surface area contributed by atoms with Crippen molar-refractivity contribution in [1.29, 1.82) is 5.26 Å². The molecular weight excluding hydrogens is 348 g/mol. The van der Waals surface area contributed by atoms with Gasteiger partial charge >= 0.3 is 11.9 Å². The van der Waals surface area contributed by atoms with Gasteiger partial charge in [-0.25, -0.2) is 9.59 Å². The molecule has 0 fully saturated rings. The minimum atomic E-state index is -0.759. The van der Waals surface area contributed by atoms with E-state index in [4.69, 9.17) is 15.2 Å². The van der Waals surface area contributed by atoms with Crippen LogP contribution in [0, 0.1) is 11.3 Å². The highest BCUT2D eigenvalue weighted by molar-refractivity contribution is 5.93. The van der Waals surface area contributed by atoms with Gasteiger partial charge in [0.25, 0.3) is 0 Å². The molecular formula is C20H22N2O5. The zero-order valence-corrected chi connectivity index (χ0v) is 16.0. The number of carbonyl (C=O) groups is 2. The lowest BCUT2D eigenvalue weighted by atomic mass is 9.83. The Morgan fingerprint density at radius 1 is 1.19 bits per heavy atom. The Morgan fingerprint density at radius 2 is 1.78 bits per heavy atom. The summed E-state index contributed by atoms with van der Waals surface area (Å²) in [5.41, 5.74) is 6.40. The normalized spacial score (nSPS) is 17.1. The van der Waals surface area contributed by atoms with Gasteiger partial charge in [0.2, 0.25) is 5.88 Å². The van der Waals surface area contributed by atoms with E-state index in [1.807, 2.05) is 6.07 Å². The fourth-order valence-electron chi connectivity index (χ4n) is 2.74. The fraction of sp³-hybridized carbons (Fsp3) is 0.350. The first-order valence-corrected chi connectivity index (χ1v) is 8.29. The SMILES string of the molecule is COC(=O)c1ccc(C2C(C#N)=C(N)OC(C)=C2C(=O)OC(C)(C)C)cc1. The molecule has 1 heterocycles. The summed E-state index contributed by atoms with van der Waals surface area (Å²) >= 11 is 0. The van der Waals surface area contributed by atoms with E-state index >= 15 is 0 Å². The largest absolute Gasteiger partial charge is 0.465 e. The molecule has 2 rings (SSSR count). The molecule has 1 unspecified atom stereocenters. The van der Waals surface area contributed by atoms with Crippen molar-refractivity contribution in [2.75, 3.05) is 7.11 Å². The van der Waals surface area contributed by atoms with Crippen molar-refractivity contribution in [2.24, 2.45) is 5.73 Å². The van der Waals surface area contributed by atoms with Crippen LogP contribution in [0.3, 0.4) is 0 Å². The summed E-state index contributed by atoms with van der Waals surface area (Å²) in [4.78, 5) is 24.4. The van der Waals surface area contributed by atoms with E-state index in [9.17, 15) is 14.9 Å². The van der Waals surface area contributed by atoms with Gasteiger partial charge < -0.3 is 19.9 Å². The molecule has 7 nitrogen and oxygen atoms in total. The molecule has 1 aliphatic rings. The van der Waals surface area contributed by atoms with Gasteiger partial charge in [-0.05, 0) is 45.4 Å². The number of ether oxygens (including phenoxy) is 3. The average molecular weight is 370 g/mol. The van der Waals surface area contributed by atoms with Gasteiger partial charge in [-0.2, -0.15) is 5.26 Å². The zero-order chi connectivity index (χ0) is 20.4. The number of hydrogen-bond acceptors (Lipinski definition) is 7. The molecule has 1 atom stereocenters. The maximum atomic E-state index is 12.8. The summed E-state index contributed by atoms with van der Waals surface area (Å²) < 4.78 is 15.6. The van der Waals surface area contributed by atoms with E-state index < -0.39 is 23.5 Å². The van der Waals surface area contributed by atoms with Crippen LogP contribution in [-0.4, -0.2) is 24.6 Å². The van der Waals surface area contributed by atoms with Crippen molar-refractivity contribution in [3.8, 4) is 6.07 Å². The molecule has 0 radical (unpaired) electrons. The quantitative estimate of drug-likeness (QED) is 0.814. The predicted molar refractivity (Wildman–Crippen MR) is 97.0 cm³/mol. The molecule has 0 saturated heterocycles. The fourth-order valence-corrected chi connectivity index (χ4v) is 2.74. The maximum absolute atomic E-state index is 12.8. The molecule has 1 aromatic rings. The number of benzene rings is 1. The zero-order valence-electron chi connectivity index (χ0n) is 16.0. The van der Waals surface area contributed by atoms with Crippen molar-refractivity contribution < 1.29 is 23.8 Å². The summed E-state index contributed by atoms with van der Waals surface area (Å²) in [7, 11) is 1.29. The topological polar surface area (TPSA) is 112 Å². The van der Waals surface area contributed by atoms with Gasteiger partial charge in [0.15, 0.2) is 0 Å². The van der Waals surface area contributed by atoms with E-state index in [0.717, 1.165) is 0 Å². The lowest BCUT2D eigenvalue weighted by Gasteiger charge is -2.29. The number of rotatable bonds is 3. The van der Waals surface area contributed by atoms with Crippen molar-refractivity contribution in [3.63, 3.8) is 0 Å². The van der Waals surface area contributed by atoms with Crippen LogP contribution in [0.4, 0.5) is 0 Å². The van der Waals surface area contributed by atoms with Gasteiger partial charge in [0, 0.05) is 0 Å². The van der Waals surface area contributed by atoms with Crippen LogP contribution < -0.4 is 5.73 Å². The van der Waals surface area contributed by atoms with Crippen molar-refractivity contribution in [3.05, 3.63) is 58.2 Å². The number of nitriles is 1. The third-order valence-electron chi connectivity index (χ3n) is 3.89. The highest BCUT2D eigenvalue weighted by Gasteiger charge is 2.37. The molecule has 142 valence electrons. The van der Waals surface area contributed by atoms with Crippen molar-refractivity contribution >= 4 is 11.9 Å². The molecule has 27 heavy (non-hydrogen) atoms. The number of carbonyl (C=O) groups excluding carboxylic acids is 2. The average Bonchev–Trinajstić information content (AvgIpc) is 2.59. The highest BCUT2D eigenvalue weighted by Crippen LogP contribution is 2.40. The summed E-state index contributed by atoms with van der Waals surface area (Å²) in [6.45, 7) is 6.84. The molecule has 0 aromatic heterocycles. The smallest absolute Gasteiger partial charge is 0.338 e. The number of nitrogens with zero attached hydrogens (tertiary/aromatic N) is 1. The highest BCUT2D eigenvalue weighted by atomic mass is 16.6. The summed E-state index contributed by atoms with van der Waals surface area (Å²) in [5, 5.41) is 9.58. The molecule has 2 N–H and O–H groups in total. The van der Waals surface area contributed by atoms with Crippen LogP contribution >= 0.6 is 0 Å². The van der Waals surface area contributed by atoms with Crippen LogP contribution in [0.2, 0.25) is 0 Å².